The number of ether oxygens (including phenoxy) is 2. The molecule has 0 aromatic heterocycles. The lowest BCUT2D eigenvalue weighted by molar-refractivity contribution is 0.0725. The first-order valence-corrected chi connectivity index (χ1v) is 10.1. The van der Waals surface area contributed by atoms with E-state index in [1.54, 1.807) is 0 Å². The van der Waals surface area contributed by atoms with Crippen molar-refractivity contribution in [2.24, 2.45) is 11.8 Å². The van der Waals surface area contributed by atoms with Gasteiger partial charge in [-0.15, -0.1) is 0 Å². The van der Waals surface area contributed by atoms with E-state index in [-0.39, 0.29) is 11.9 Å². The van der Waals surface area contributed by atoms with E-state index in [2.05, 4.69) is 12.2 Å². The van der Waals surface area contributed by atoms with Crippen molar-refractivity contribution in [3.05, 3.63) is 23.5 Å². The summed E-state index contributed by atoms with van der Waals surface area (Å²) >= 11 is 0. The average Bonchev–Trinajstić information content (AvgIpc) is 3.12. The molecule has 1 N–H and O–H groups in total. The molecule has 2 aliphatic heterocycles. The molecular formula is C21H30FNO2. The highest BCUT2D eigenvalue weighted by molar-refractivity contribution is 5.60. The lowest BCUT2D eigenvalue weighted by atomic mass is 9.73. The third-order valence-corrected chi connectivity index (χ3v) is 6.23. The molecule has 1 saturated carbocycles. The second-order valence-electron chi connectivity index (χ2n) is 7.88. The van der Waals surface area contributed by atoms with Gasteiger partial charge in [0.2, 0.25) is 0 Å². The van der Waals surface area contributed by atoms with Crippen molar-refractivity contribution in [2.45, 2.75) is 70.4 Å². The molecule has 3 aliphatic rings. The zero-order valence-corrected chi connectivity index (χ0v) is 15.2. The highest BCUT2D eigenvalue weighted by Crippen LogP contribution is 2.49. The fourth-order valence-corrected chi connectivity index (χ4v) is 4.93. The van der Waals surface area contributed by atoms with Crippen LogP contribution in [-0.2, 0) is 4.74 Å². The van der Waals surface area contributed by atoms with Crippen LogP contribution in [0.3, 0.4) is 0 Å². The molecule has 4 rings (SSSR count). The monoisotopic (exact) mass is 347 g/mol. The molecule has 0 bridgehead atoms. The van der Waals surface area contributed by atoms with Gasteiger partial charge in [0.1, 0.15) is 11.6 Å². The van der Waals surface area contributed by atoms with Gasteiger partial charge in [0, 0.05) is 30.2 Å². The topological polar surface area (TPSA) is 30.5 Å². The Morgan fingerprint density at radius 2 is 2.04 bits per heavy atom. The summed E-state index contributed by atoms with van der Waals surface area (Å²) in [6.45, 7) is 3.55. The molecule has 4 heteroatoms. The molecule has 2 fully saturated rings. The first kappa shape index (κ1) is 17.1. The number of fused-ring (bicyclic) bond motifs is 3. The van der Waals surface area contributed by atoms with Gasteiger partial charge < -0.3 is 14.8 Å². The Bertz CT molecular complexity index is 600. The van der Waals surface area contributed by atoms with Crippen molar-refractivity contribution in [1.29, 1.82) is 0 Å². The van der Waals surface area contributed by atoms with Crippen molar-refractivity contribution < 1.29 is 13.9 Å². The van der Waals surface area contributed by atoms with Crippen LogP contribution < -0.4 is 10.1 Å². The average molecular weight is 347 g/mol. The van der Waals surface area contributed by atoms with E-state index < -0.39 is 0 Å². The van der Waals surface area contributed by atoms with Crippen LogP contribution in [0.2, 0.25) is 0 Å². The number of anilines is 1. The van der Waals surface area contributed by atoms with Gasteiger partial charge in [0.25, 0.3) is 0 Å². The van der Waals surface area contributed by atoms with E-state index in [9.17, 15) is 4.39 Å². The summed E-state index contributed by atoms with van der Waals surface area (Å²) in [6.07, 6.45) is 9.63. The van der Waals surface area contributed by atoms with E-state index in [0.717, 1.165) is 31.4 Å². The Labute approximate surface area is 150 Å². The molecule has 1 aromatic rings. The van der Waals surface area contributed by atoms with Gasteiger partial charge in [0.05, 0.1) is 18.4 Å². The zero-order valence-electron chi connectivity index (χ0n) is 15.2. The molecule has 3 atom stereocenters. The van der Waals surface area contributed by atoms with Crippen LogP contribution in [0.5, 0.6) is 5.75 Å². The smallest absolute Gasteiger partial charge is 0.150 e. The number of unbranched alkanes of at least 4 members (excludes halogenated alkanes) is 1. The molecule has 1 unspecified atom stereocenters. The Morgan fingerprint density at radius 3 is 2.84 bits per heavy atom. The summed E-state index contributed by atoms with van der Waals surface area (Å²) in [7, 11) is 0. The van der Waals surface area contributed by atoms with Crippen LogP contribution in [0.4, 0.5) is 10.1 Å². The minimum absolute atomic E-state index is 0.0207. The number of hydrogen-bond acceptors (Lipinski definition) is 3. The minimum atomic E-state index is -0.196. The quantitative estimate of drug-likeness (QED) is 0.718. The number of benzene rings is 1. The maximum absolute atomic E-state index is 14.8. The molecule has 138 valence electrons. The fourth-order valence-electron chi connectivity index (χ4n) is 4.93. The first-order chi connectivity index (χ1) is 12.3. The molecule has 2 heterocycles. The Morgan fingerprint density at radius 1 is 1.20 bits per heavy atom. The number of hydrogen-bond donors (Lipinski definition) is 1. The van der Waals surface area contributed by atoms with Crippen LogP contribution >= 0.6 is 0 Å². The van der Waals surface area contributed by atoms with Crippen molar-refractivity contribution in [1.82, 2.24) is 0 Å². The predicted molar refractivity (Wildman–Crippen MR) is 97.6 cm³/mol. The molecular weight excluding hydrogens is 317 g/mol. The van der Waals surface area contributed by atoms with Gasteiger partial charge in [-0.05, 0) is 37.7 Å². The third-order valence-electron chi connectivity index (χ3n) is 6.23. The predicted octanol–water partition coefficient (Wildman–Crippen LogP) is 5.46. The zero-order chi connectivity index (χ0) is 17.2. The van der Waals surface area contributed by atoms with Gasteiger partial charge in [-0.2, -0.15) is 0 Å². The van der Waals surface area contributed by atoms with Gasteiger partial charge >= 0.3 is 0 Å². The van der Waals surface area contributed by atoms with E-state index in [4.69, 9.17) is 9.47 Å². The van der Waals surface area contributed by atoms with E-state index in [1.807, 2.05) is 6.07 Å². The van der Waals surface area contributed by atoms with Crippen LogP contribution in [0.25, 0.3) is 0 Å². The molecule has 1 aliphatic carbocycles. The summed E-state index contributed by atoms with van der Waals surface area (Å²) in [5, 5.41) is 3.59. The summed E-state index contributed by atoms with van der Waals surface area (Å²) in [5.41, 5.74) is 1.61. The second kappa shape index (κ2) is 7.53. The molecule has 0 radical (unpaired) electrons. The minimum Gasteiger partial charge on any atom is -0.493 e. The molecule has 1 aromatic carbocycles. The molecule has 25 heavy (non-hydrogen) atoms. The lowest BCUT2D eigenvalue weighted by Crippen LogP contribution is -2.42. The van der Waals surface area contributed by atoms with Crippen LogP contribution in [-0.4, -0.2) is 19.3 Å². The van der Waals surface area contributed by atoms with Crippen molar-refractivity contribution in [3.63, 3.8) is 0 Å². The Kier molecular flexibility index (Phi) is 5.16. The third kappa shape index (κ3) is 3.38. The second-order valence-corrected chi connectivity index (χ2v) is 7.88. The molecule has 0 spiro atoms. The summed E-state index contributed by atoms with van der Waals surface area (Å²) in [4.78, 5) is 0. The van der Waals surface area contributed by atoms with Crippen LogP contribution in [0, 0.1) is 17.7 Å². The maximum Gasteiger partial charge on any atom is 0.150 e. The summed E-state index contributed by atoms with van der Waals surface area (Å²) in [5.74, 6) is 1.55. The first-order valence-electron chi connectivity index (χ1n) is 10.1. The van der Waals surface area contributed by atoms with Gasteiger partial charge in [0.15, 0.2) is 0 Å². The lowest BCUT2D eigenvalue weighted by Gasteiger charge is -2.42. The Balaban J connectivity index is 1.60. The normalized spacial score (nSPS) is 29.0. The van der Waals surface area contributed by atoms with Crippen LogP contribution in [0.1, 0.15) is 70.0 Å². The number of rotatable bonds is 5. The summed E-state index contributed by atoms with van der Waals surface area (Å²) < 4.78 is 26.7. The van der Waals surface area contributed by atoms with Gasteiger partial charge in [-0.3, -0.25) is 0 Å². The number of nitrogens with one attached hydrogen (secondary N) is 1. The highest BCUT2D eigenvalue weighted by atomic mass is 19.1. The highest BCUT2D eigenvalue weighted by Gasteiger charge is 2.44. The largest absolute Gasteiger partial charge is 0.493 e. The molecule has 3 nitrogen and oxygen atoms in total. The molecule has 0 amide bonds. The number of halogens is 1. The van der Waals surface area contributed by atoms with Crippen molar-refractivity contribution in [3.8, 4) is 5.75 Å². The fraction of sp³-hybridized carbons (Fsp3) is 0.714. The Hall–Kier alpha value is -1.29. The van der Waals surface area contributed by atoms with Gasteiger partial charge in [-0.1, -0.05) is 32.6 Å². The van der Waals surface area contributed by atoms with E-state index >= 15 is 0 Å². The van der Waals surface area contributed by atoms with Crippen molar-refractivity contribution >= 4 is 5.69 Å². The van der Waals surface area contributed by atoms with E-state index in [0.29, 0.717) is 35.9 Å². The van der Waals surface area contributed by atoms with Crippen molar-refractivity contribution in [2.75, 3.05) is 18.5 Å². The SMILES string of the molecule is CCCCOc1cc(F)c2c(c1)[C@H]1OCC[C@H]1C(C1CCCCC1)N2. The maximum atomic E-state index is 14.8. The van der Waals surface area contributed by atoms with Gasteiger partial charge in [-0.25, -0.2) is 4.39 Å². The molecule has 1 saturated heterocycles. The van der Waals surface area contributed by atoms with Crippen LogP contribution in [0.15, 0.2) is 12.1 Å². The standard InChI is InChI=1S/C21H30FNO2/c1-2-3-10-24-15-12-17-20(18(22)13-15)23-19(14-7-5-4-6-8-14)16-9-11-25-21(16)17/h12-14,16,19,21,23H,2-11H2,1H3/t16-,19?,21-/m0/s1. The van der Waals surface area contributed by atoms with E-state index in [1.165, 1.54) is 38.2 Å². The summed E-state index contributed by atoms with van der Waals surface area (Å²) in [6, 6.07) is 3.89.